The first kappa shape index (κ1) is 17.7. The molecule has 0 aliphatic heterocycles. The Hall–Kier alpha value is -1.26. The minimum atomic E-state index is -0.0238. The molecule has 1 amide bonds. The Balaban J connectivity index is 0.00000324. The molecule has 4 nitrogen and oxygen atoms in total. The van der Waals surface area contributed by atoms with Crippen molar-refractivity contribution in [2.75, 3.05) is 13.1 Å². The SMILES string of the molecule is CCC(CNC(=O)CCN)Oc1ccccc1C.Cl. The molecular formula is C14H23ClN2O2. The van der Waals surface area contributed by atoms with Crippen molar-refractivity contribution in [2.24, 2.45) is 5.73 Å². The first-order valence-electron chi connectivity index (χ1n) is 6.36. The summed E-state index contributed by atoms with van der Waals surface area (Å²) in [5.41, 5.74) is 6.42. The lowest BCUT2D eigenvalue weighted by Gasteiger charge is -2.19. The average molecular weight is 287 g/mol. The number of aryl methyl sites for hydroxylation is 1. The van der Waals surface area contributed by atoms with Gasteiger partial charge in [0.15, 0.2) is 0 Å². The third-order valence-electron chi connectivity index (χ3n) is 2.74. The Morgan fingerprint density at radius 1 is 1.42 bits per heavy atom. The van der Waals surface area contributed by atoms with Gasteiger partial charge in [-0.2, -0.15) is 0 Å². The van der Waals surface area contributed by atoms with Crippen molar-refractivity contribution in [3.05, 3.63) is 29.8 Å². The Morgan fingerprint density at radius 3 is 2.68 bits per heavy atom. The number of hydrogen-bond acceptors (Lipinski definition) is 3. The third kappa shape index (κ3) is 6.45. The van der Waals surface area contributed by atoms with E-state index in [2.05, 4.69) is 5.32 Å². The van der Waals surface area contributed by atoms with E-state index in [0.29, 0.717) is 19.5 Å². The number of benzene rings is 1. The highest BCUT2D eigenvalue weighted by Crippen LogP contribution is 2.18. The number of para-hydroxylation sites is 1. The van der Waals surface area contributed by atoms with E-state index in [1.165, 1.54) is 0 Å². The predicted octanol–water partition coefficient (Wildman–Crippen LogP) is 2.04. The van der Waals surface area contributed by atoms with Crippen LogP contribution < -0.4 is 15.8 Å². The van der Waals surface area contributed by atoms with Crippen LogP contribution in [-0.4, -0.2) is 25.1 Å². The van der Waals surface area contributed by atoms with E-state index < -0.39 is 0 Å². The molecule has 0 spiro atoms. The summed E-state index contributed by atoms with van der Waals surface area (Å²) in [6.45, 7) is 4.94. The van der Waals surface area contributed by atoms with E-state index in [0.717, 1.165) is 17.7 Å². The first-order valence-corrected chi connectivity index (χ1v) is 6.36. The standard InChI is InChI=1S/C14H22N2O2.ClH/c1-3-12(10-16-14(17)8-9-15)18-13-7-5-4-6-11(13)2;/h4-7,12H,3,8-10,15H2,1-2H3,(H,16,17);1H. The molecule has 0 aliphatic rings. The van der Waals surface area contributed by atoms with Gasteiger partial charge in [0.25, 0.3) is 0 Å². The normalized spacial score (nSPS) is 11.3. The van der Waals surface area contributed by atoms with Gasteiger partial charge in [-0.3, -0.25) is 4.79 Å². The van der Waals surface area contributed by atoms with E-state index in [-0.39, 0.29) is 24.4 Å². The zero-order valence-electron chi connectivity index (χ0n) is 11.5. The van der Waals surface area contributed by atoms with Gasteiger partial charge in [-0.25, -0.2) is 0 Å². The van der Waals surface area contributed by atoms with Crippen molar-refractivity contribution in [2.45, 2.75) is 32.8 Å². The second-order valence-corrected chi connectivity index (χ2v) is 4.26. The van der Waals surface area contributed by atoms with Crippen molar-refractivity contribution in [1.82, 2.24) is 5.32 Å². The summed E-state index contributed by atoms with van der Waals surface area (Å²) in [6, 6.07) is 7.88. The molecule has 0 bridgehead atoms. The van der Waals surface area contributed by atoms with Crippen LogP contribution >= 0.6 is 12.4 Å². The Bertz CT molecular complexity index is 385. The molecule has 5 heteroatoms. The number of amides is 1. The molecule has 0 aliphatic carbocycles. The molecular weight excluding hydrogens is 264 g/mol. The Labute approximate surface area is 121 Å². The van der Waals surface area contributed by atoms with Crippen molar-refractivity contribution in [3.63, 3.8) is 0 Å². The maximum atomic E-state index is 11.3. The zero-order chi connectivity index (χ0) is 13.4. The van der Waals surface area contributed by atoms with Gasteiger partial charge < -0.3 is 15.8 Å². The molecule has 0 fully saturated rings. The molecule has 0 saturated carbocycles. The molecule has 0 aromatic heterocycles. The highest BCUT2D eigenvalue weighted by molar-refractivity contribution is 5.85. The van der Waals surface area contributed by atoms with Gasteiger partial charge in [0.2, 0.25) is 5.91 Å². The second-order valence-electron chi connectivity index (χ2n) is 4.26. The summed E-state index contributed by atoms with van der Waals surface area (Å²) in [4.78, 5) is 11.3. The lowest BCUT2D eigenvalue weighted by atomic mass is 10.2. The maximum Gasteiger partial charge on any atom is 0.221 e. The van der Waals surface area contributed by atoms with Gasteiger partial charge in [-0.15, -0.1) is 12.4 Å². The van der Waals surface area contributed by atoms with Crippen LogP contribution in [0.5, 0.6) is 5.75 Å². The topological polar surface area (TPSA) is 64.4 Å². The molecule has 1 aromatic rings. The summed E-state index contributed by atoms with van der Waals surface area (Å²) < 4.78 is 5.88. The van der Waals surface area contributed by atoms with Gasteiger partial charge in [0.1, 0.15) is 11.9 Å². The van der Waals surface area contributed by atoms with Crippen LogP contribution in [0, 0.1) is 6.92 Å². The molecule has 0 radical (unpaired) electrons. The van der Waals surface area contributed by atoms with E-state index in [1.807, 2.05) is 38.1 Å². The molecule has 1 rings (SSSR count). The van der Waals surface area contributed by atoms with Crippen LogP contribution in [0.15, 0.2) is 24.3 Å². The van der Waals surface area contributed by atoms with Crippen LogP contribution in [0.3, 0.4) is 0 Å². The second kappa shape index (κ2) is 9.64. The maximum absolute atomic E-state index is 11.3. The fourth-order valence-corrected chi connectivity index (χ4v) is 1.58. The molecule has 1 aromatic carbocycles. The molecule has 1 atom stereocenters. The van der Waals surface area contributed by atoms with Crippen LogP contribution in [0.4, 0.5) is 0 Å². The summed E-state index contributed by atoms with van der Waals surface area (Å²) in [6.07, 6.45) is 1.20. The van der Waals surface area contributed by atoms with E-state index in [9.17, 15) is 4.79 Å². The number of nitrogens with one attached hydrogen (secondary N) is 1. The van der Waals surface area contributed by atoms with E-state index in [1.54, 1.807) is 0 Å². The minimum Gasteiger partial charge on any atom is -0.488 e. The van der Waals surface area contributed by atoms with Gasteiger partial charge in [0.05, 0.1) is 6.54 Å². The van der Waals surface area contributed by atoms with E-state index in [4.69, 9.17) is 10.5 Å². The van der Waals surface area contributed by atoms with Crippen LogP contribution in [0.25, 0.3) is 0 Å². The number of nitrogens with two attached hydrogens (primary N) is 1. The average Bonchev–Trinajstić information content (AvgIpc) is 2.37. The number of halogens is 1. The van der Waals surface area contributed by atoms with Gasteiger partial charge in [-0.05, 0) is 25.0 Å². The summed E-state index contributed by atoms with van der Waals surface area (Å²) in [5.74, 6) is 0.849. The summed E-state index contributed by atoms with van der Waals surface area (Å²) in [5, 5.41) is 2.83. The minimum absolute atomic E-state index is 0. The Kier molecular flexibility index (Phi) is 9.00. The van der Waals surface area contributed by atoms with Gasteiger partial charge in [0, 0.05) is 13.0 Å². The largest absolute Gasteiger partial charge is 0.488 e. The van der Waals surface area contributed by atoms with Crippen molar-refractivity contribution in [1.29, 1.82) is 0 Å². The number of hydrogen-bond donors (Lipinski definition) is 2. The molecule has 0 heterocycles. The van der Waals surface area contributed by atoms with Crippen LogP contribution in [-0.2, 0) is 4.79 Å². The third-order valence-corrected chi connectivity index (χ3v) is 2.74. The zero-order valence-corrected chi connectivity index (χ0v) is 12.3. The quantitative estimate of drug-likeness (QED) is 0.806. The highest BCUT2D eigenvalue weighted by Gasteiger charge is 2.10. The number of carbonyl (C=O) groups is 1. The predicted molar refractivity (Wildman–Crippen MR) is 79.8 cm³/mol. The van der Waals surface area contributed by atoms with Crippen LogP contribution in [0.2, 0.25) is 0 Å². The molecule has 0 saturated heterocycles. The van der Waals surface area contributed by atoms with E-state index >= 15 is 0 Å². The first-order chi connectivity index (χ1) is 8.67. The highest BCUT2D eigenvalue weighted by atomic mass is 35.5. The molecule has 19 heavy (non-hydrogen) atoms. The van der Waals surface area contributed by atoms with Crippen LogP contribution in [0.1, 0.15) is 25.3 Å². The molecule has 1 unspecified atom stereocenters. The van der Waals surface area contributed by atoms with Crippen molar-refractivity contribution < 1.29 is 9.53 Å². The van der Waals surface area contributed by atoms with Gasteiger partial charge >= 0.3 is 0 Å². The Morgan fingerprint density at radius 2 is 2.11 bits per heavy atom. The number of ether oxygens (including phenoxy) is 1. The van der Waals surface area contributed by atoms with Gasteiger partial charge in [-0.1, -0.05) is 25.1 Å². The smallest absolute Gasteiger partial charge is 0.221 e. The number of carbonyl (C=O) groups excluding carboxylic acids is 1. The number of rotatable bonds is 7. The molecule has 108 valence electrons. The molecule has 3 N–H and O–H groups in total. The fraction of sp³-hybridized carbons (Fsp3) is 0.500. The van der Waals surface area contributed by atoms with Crippen molar-refractivity contribution in [3.8, 4) is 5.75 Å². The fourth-order valence-electron chi connectivity index (χ4n) is 1.58. The summed E-state index contributed by atoms with van der Waals surface area (Å²) in [7, 11) is 0. The lowest BCUT2D eigenvalue weighted by Crippen LogP contribution is -2.35. The monoisotopic (exact) mass is 286 g/mol. The lowest BCUT2D eigenvalue weighted by molar-refractivity contribution is -0.121. The summed E-state index contributed by atoms with van der Waals surface area (Å²) >= 11 is 0. The van der Waals surface area contributed by atoms with Crippen molar-refractivity contribution >= 4 is 18.3 Å².